The molecule has 4 rings (SSSR count). The maximum Gasteiger partial charge on any atom is 0.276 e. The van der Waals surface area contributed by atoms with Crippen molar-refractivity contribution in [1.82, 2.24) is 10.3 Å². The van der Waals surface area contributed by atoms with Crippen LogP contribution in [-0.4, -0.2) is 36.1 Å². The molecule has 162 valence electrons. The lowest BCUT2D eigenvalue weighted by atomic mass is 10.1. The summed E-state index contributed by atoms with van der Waals surface area (Å²) >= 11 is 1.57. The van der Waals surface area contributed by atoms with Gasteiger partial charge in [0.05, 0.1) is 19.6 Å². The fraction of sp³-hybridized carbons (Fsp3) is 0.348. The van der Waals surface area contributed by atoms with Crippen molar-refractivity contribution in [3.05, 3.63) is 58.6 Å². The Balaban J connectivity index is 1.79. The zero-order chi connectivity index (χ0) is 21.8. The molecule has 0 bridgehead atoms. The highest BCUT2D eigenvalue weighted by atomic mass is 32.2. The molecule has 1 amide bonds. The van der Waals surface area contributed by atoms with Crippen molar-refractivity contribution >= 4 is 28.5 Å². The minimum atomic E-state index is -0.484. The van der Waals surface area contributed by atoms with Crippen molar-refractivity contribution in [3.8, 4) is 11.5 Å². The van der Waals surface area contributed by atoms with Crippen LogP contribution in [0, 0.1) is 0 Å². The summed E-state index contributed by atoms with van der Waals surface area (Å²) in [6, 6.07) is 13.3. The zero-order valence-electron chi connectivity index (χ0n) is 17.9. The molecule has 2 heterocycles. The number of hydrogen-bond donors (Lipinski definition) is 1. The molecular formula is C23H26N4O3S. The van der Waals surface area contributed by atoms with Gasteiger partial charge in [0.15, 0.2) is 22.8 Å². The standard InChI is InChI=1S/C23H26N4O3S/c1-4-5-8-13-31-23-25-22(28)20-16-9-6-7-10-17(16)24-21(27(20)26-23)15-11-12-18(29-2)19(14-15)30-3/h6-7,9-12,14,21H,4-5,8,13H2,1-3H3,(H,25,26,28)/t21-/m1/s1. The Labute approximate surface area is 185 Å². The average Bonchev–Trinajstić information content (AvgIpc) is 2.80. The van der Waals surface area contributed by atoms with Crippen LogP contribution in [0.25, 0.3) is 5.70 Å². The van der Waals surface area contributed by atoms with Crippen LogP contribution in [0.5, 0.6) is 11.5 Å². The smallest absolute Gasteiger partial charge is 0.276 e. The highest BCUT2D eigenvalue weighted by Gasteiger charge is 2.34. The molecule has 2 aliphatic rings. The van der Waals surface area contributed by atoms with Crippen molar-refractivity contribution in [2.24, 2.45) is 10.1 Å². The van der Waals surface area contributed by atoms with Gasteiger partial charge in [-0.2, -0.15) is 0 Å². The zero-order valence-corrected chi connectivity index (χ0v) is 18.7. The minimum absolute atomic E-state index is 0.166. The van der Waals surface area contributed by atoms with Gasteiger partial charge in [-0.25, -0.2) is 5.01 Å². The Morgan fingerprint density at radius 3 is 2.68 bits per heavy atom. The van der Waals surface area contributed by atoms with Crippen LogP contribution >= 0.6 is 11.8 Å². The quantitative estimate of drug-likeness (QED) is 0.673. The number of nitrogens with one attached hydrogen (secondary N) is 1. The maximum absolute atomic E-state index is 13.1. The summed E-state index contributed by atoms with van der Waals surface area (Å²) in [4.78, 5) is 18.0. The number of fused-ring (bicyclic) bond motifs is 2. The Morgan fingerprint density at radius 1 is 1.10 bits per heavy atom. The number of methoxy groups -OCH3 is 2. The third-order valence-electron chi connectivity index (χ3n) is 5.21. The van der Waals surface area contributed by atoms with Crippen molar-refractivity contribution in [2.45, 2.75) is 32.4 Å². The van der Waals surface area contributed by atoms with E-state index in [4.69, 9.17) is 19.6 Å². The first-order valence-electron chi connectivity index (χ1n) is 10.4. The molecule has 0 saturated carbocycles. The molecule has 2 aliphatic heterocycles. The third-order valence-corrected chi connectivity index (χ3v) is 6.16. The van der Waals surface area contributed by atoms with Gasteiger partial charge >= 0.3 is 0 Å². The van der Waals surface area contributed by atoms with Gasteiger partial charge in [-0.15, -0.1) is 5.10 Å². The van der Waals surface area contributed by atoms with Gasteiger partial charge in [-0.05, 0) is 24.6 Å². The Bertz CT molecular complexity index is 1130. The van der Waals surface area contributed by atoms with E-state index in [1.807, 2.05) is 42.5 Å². The van der Waals surface area contributed by atoms with Gasteiger partial charge in [0, 0.05) is 16.5 Å². The van der Waals surface area contributed by atoms with E-state index in [1.165, 1.54) is 0 Å². The Hall–Kier alpha value is -3.00. The number of carbonyl (C=O) groups is 1. The molecule has 1 N–H and O–H groups in total. The molecule has 31 heavy (non-hydrogen) atoms. The number of rotatable bonds is 7. The minimum Gasteiger partial charge on any atom is -0.493 e. The SMILES string of the molecule is CCCCCSC1=NN2C(=c3ccccc3=N[C@H]2c2ccc(OC)c(OC)c2)C(=O)N1. The van der Waals surface area contributed by atoms with Crippen molar-refractivity contribution in [2.75, 3.05) is 20.0 Å². The molecule has 0 aliphatic carbocycles. The van der Waals surface area contributed by atoms with Gasteiger partial charge < -0.3 is 9.47 Å². The highest BCUT2D eigenvalue weighted by Crippen LogP contribution is 2.35. The fourth-order valence-electron chi connectivity index (χ4n) is 3.64. The number of amides is 1. The second-order valence-corrected chi connectivity index (χ2v) is 8.33. The van der Waals surface area contributed by atoms with E-state index in [9.17, 15) is 4.79 Å². The van der Waals surface area contributed by atoms with Gasteiger partial charge in [0.25, 0.3) is 5.91 Å². The predicted molar refractivity (Wildman–Crippen MR) is 122 cm³/mol. The average molecular weight is 439 g/mol. The van der Waals surface area contributed by atoms with E-state index in [0.29, 0.717) is 22.4 Å². The summed E-state index contributed by atoms with van der Waals surface area (Å²) in [5, 5.41) is 11.6. The molecule has 0 radical (unpaired) electrons. The number of thioether (sulfide) groups is 1. The Morgan fingerprint density at radius 2 is 1.90 bits per heavy atom. The number of unbranched alkanes of at least 4 members (excludes halogenated alkanes) is 2. The number of ether oxygens (including phenoxy) is 2. The summed E-state index contributed by atoms with van der Waals surface area (Å²) in [5.74, 6) is 1.99. The van der Waals surface area contributed by atoms with Crippen LogP contribution in [0.3, 0.4) is 0 Å². The number of carbonyl (C=O) groups excluding carboxylic acids is 1. The van der Waals surface area contributed by atoms with E-state index < -0.39 is 6.17 Å². The van der Waals surface area contributed by atoms with Gasteiger partial charge in [0.2, 0.25) is 0 Å². The fourth-order valence-corrected chi connectivity index (χ4v) is 4.50. The molecule has 2 aromatic carbocycles. The molecule has 8 heteroatoms. The normalized spacial score (nSPS) is 17.2. The molecule has 0 fully saturated rings. The summed E-state index contributed by atoms with van der Waals surface area (Å²) in [6.07, 6.45) is 2.91. The first-order valence-corrected chi connectivity index (χ1v) is 11.4. The summed E-state index contributed by atoms with van der Waals surface area (Å²) in [7, 11) is 3.20. The van der Waals surface area contributed by atoms with Crippen LogP contribution in [0.15, 0.2) is 52.6 Å². The summed E-state index contributed by atoms with van der Waals surface area (Å²) in [5.41, 5.74) is 1.36. The molecule has 0 spiro atoms. The largest absolute Gasteiger partial charge is 0.493 e. The van der Waals surface area contributed by atoms with Gasteiger partial charge in [-0.3, -0.25) is 15.1 Å². The lowest BCUT2D eigenvalue weighted by molar-refractivity contribution is -0.116. The summed E-state index contributed by atoms with van der Waals surface area (Å²) in [6.45, 7) is 2.17. The van der Waals surface area contributed by atoms with E-state index >= 15 is 0 Å². The second kappa shape index (κ2) is 9.43. The van der Waals surface area contributed by atoms with Crippen LogP contribution < -0.4 is 25.4 Å². The molecular weight excluding hydrogens is 412 g/mol. The lowest BCUT2D eigenvalue weighted by Gasteiger charge is -2.34. The molecule has 0 saturated heterocycles. The molecule has 2 aromatic rings. The van der Waals surface area contributed by atoms with Crippen LogP contribution in [-0.2, 0) is 4.79 Å². The summed E-state index contributed by atoms with van der Waals surface area (Å²) < 4.78 is 10.9. The van der Waals surface area contributed by atoms with Gasteiger partial charge in [0.1, 0.15) is 5.70 Å². The predicted octanol–water partition coefficient (Wildman–Crippen LogP) is 2.77. The van der Waals surface area contributed by atoms with Crippen molar-refractivity contribution in [1.29, 1.82) is 0 Å². The lowest BCUT2D eigenvalue weighted by Crippen LogP contribution is -2.50. The second-order valence-electron chi connectivity index (χ2n) is 7.24. The molecule has 1 atom stereocenters. The van der Waals surface area contributed by atoms with Crippen molar-refractivity contribution < 1.29 is 14.3 Å². The topological polar surface area (TPSA) is 75.5 Å². The molecule has 0 unspecified atom stereocenters. The van der Waals surface area contributed by atoms with E-state index in [2.05, 4.69) is 12.2 Å². The highest BCUT2D eigenvalue weighted by molar-refractivity contribution is 8.13. The third kappa shape index (κ3) is 4.25. The number of benzene rings is 2. The number of hydrogen-bond acceptors (Lipinski definition) is 7. The molecule has 0 aromatic heterocycles. The van der Waals surface area contributed by atoms with Crippen LogP contribution in [0.1, 0.15) is 37.9 Å². The maximum atomic E-state index is 13.1. The number of para-hydroxylation sites is 1. The Kier molecular flexibility index (Phi) is 6.46. The van der Waals surface area contributed by atoms with Crippen LogP contribution in [0.2, 0.25) is 0 Å². The first kappa shape index (κ1) is 21.2. The van der Waals surface area contributed by atoms with E-state index in [1.54, 1.807) is 31.0 Å². The van der Waals surface area contributed by atoms with Crippen molar-refractivity contribution in [3.63, 3.8) is 0 Å². The molecule has 7 nitrogen and oxygen atoms in total. The number of amidine groups is 1. The van der Waals surface area contributed by atoms with Crippen LogP contribution in [0.4, 0.5) is 0 Å². The van der Waals surface area contributed by atoms with Gasteiger partial charge in [-0.1, -0.05) is 55.8 Å². The number of hydrazone groups is 1. The van der Waals surface area contributed by atoms with E-state index in [0.717, 1.165) is 41.2 Å². The van der Waals surface area contributed by atoms with E-state index in [-0.39, 0.29) is 5.91 Å². The monoisotopic (exact) mass is 438 g/mol. The number of nitrogens with zero attached hydrogens (tertiary/aromatic N) is 3. The first-order chi connectivity index (χ1) is 15.2.